The molecule has 0 bridgehead atoms. The third kappa shape index (κ3) is 3.78. The number of ether oxygens (including phenoxy) is 2. The lowest BCUT2D eigenvalue weighted by Gasteiger charge is -2.60. The first-order valence-electron chi connectivity index (χ1n) is 10.9. The van der Waals surface area contributed by atoms with E-state index < -0.39 is 17.5 Å². The number of hydrogen-bond acceptors (Lipinski definition) is 6. The topological polar surface area (TPSA) is 86.0 Å². The summed E-state index contributed by atoms with van der Waals surface area (Å²) in [6.07, 6.45) is 9.83. The van der Waals surface area contributed by atoms with E-state index in [0.29, 0.717) is 18.4 Å². The van der Waals surface area contributed by atoms with Gasteiger partial charge in [-0.1, -0.05) is 32.1 Å². The van der Waals surface area contributed by atoms with Crippen LogP contribution in [0.3, 0.4) is 0 Å². The normalized spacial score (nSPS) is 36.4. The van der Waals surface area contributed by atoms with Crippen molar-refractivity contribution in [2.24, 2.45) is 22.7 Å². The van der Waals surface area contributed by atoms with Crippen LogP contribution in [-0.2, 0) is 14.3 Å². The molecule has 5 atom stereocenters. The summed E-state index contributed by atoms with van der Waals surface area (Å²) in [6.45, 7) is 8.76. The van der Waals surface area contributed by atoms with Crippen LogP contribution in [-0.4, -0.2) is 29.8 Å². The number of rotatable bonds is 5. The Hall–Kier alpha value is -2.60. The predicted octanol–water partition coefficient (Wildman–Crippen LogP) is 4.57. The predicted molar refractivity (Wildman–Crippen MR) is 114 cm³/mol. The molecule has 166 valence electrons. The SMILES string of the molecule is C=C1CCC2[C@](C)(COC(=O)c3ccco3)[C@H](O)CC[C@@]2(C)[C@@H]1C/C=C1\C=COC1=O. The highest BCUT2D eigenvalue weighted by Crippen LogP contribution is 2.62. The molecular weight excluding hydrogens is 396 g/mol. The van der Waals surface area contributed by atoms with Crippen molar-refractivity contribution in [3.8, 4) is 0 Å². The number of esters is 2. The minimum Gasteiger partial charge on any atom is -0.459 e. The number of aliphatic hydroxyl groups is 1. The van der Waals surface area contributed by atoms with Gasteiger partial charge in [-0.15, -0.1) is 0 Å². The van der Waals surface area contributed by atoms with Gasteiger partial charge in [0.1, 0.15) is 0 Å². The second-order valence-electron chi connectivity index (χ2n) is 9.52. The van der Waals surface area contributed by atoms with Crippen LogP contribution in [0.15, 0.2) is 59.0 Å². The zero-order valence-electron chi connectivity index (χ0n) is 18.1. The number of allylic oxidation sites excluding steroid dienone is 2. The van der Waals surface area contributed by atoms with Crippen molar-refractivity contribution in [2.75, 3.05) is 6.61 Å². The molecule has 6 heteroatoms. The zero-order chi connectivity index (χ0) is 22.2. The summed E-state index contributed by atoms with van der Waals surface area (Å²) in [7, 11) is 0. The maximum atomic E-state index is 12.4. The van der Waals surface area contributed by atoms with E-state index >= 15 is 0 Å². The Bertz CT molecular complexity index is 926. The van der Waals surface area contributed by atoms with E-state index in [9.17, 15) is 14.7 Å². The van der Waals surface area contributed by atoms with E-state index in [0.717, 1.165) is 19.3 Å². The van der Waals surface area contributed by atoms with Crippen molar-refractivity contribution < 1.29 is 28.6 Å². The van der Waals surface area contributed by atoms with Crippen LogP contribution < -0.4 is 0 Å². The van der Waals surface area contributed by atoms with Gasteiger partial charge >= 0.3 is 11.9 Å². The molecular formula is C25H30O6. The molecule has 2 heterocycles. The highest BCUT2D eigenvalue weighted by Gasteiger charge is 2.58. The average Bonchev–Trinajstić information content (AvgIpc) is 3.41. The van der Waals surface area contributed by atoms with Crippen molar-refractivity contribution in [3.05, 3.63) is 60.3 Å². The average molecular weight is 427 g/mol. The van der Waals surface area contributed by atoms with Crippen LogP contribution in [0.1, 0.15) is 56.5 Å². The van der Waals surface area contributed by atoms with Crippen molar-refractivity contribution >= 4 is 11.9 Å². The Morgan fingerprint density at radius 3 is 2.87 bits per heavy atom. The molecule has 0 spiro atoms. The molecule has 2 saturated carbocycles. The Morgan fingerprint density at radius 1 is 1.39 bits per heavy atom. The van der Waals surface area contributed by atoms with E-state index in [2.05, 4.69) is 13.5 Å². The molecule has 0 saturated heterocycles. The Kier molecular flexibility index (Phi) is 5.69. The Labute approximate surface area is 182 Å². The van der Waals surface area contributed by atoms with Gasteiger partial charge in [-0.05, 0) is 67.6 Å². The molecule has 3 aliphatic rings. The van der Waals surface area contributed by atoms with Gasteiger partial charge in [0.05, 0.1) is 30.8 Å². The molecule has 2 fully saturated rings. The fourth-order valence-electron chi connectivity index (χ4n) is 6.00. The van der Waals surface area contributed by atoms with Crippen LogP contribution >= 0.6 is 0 Å². The van der Waals surface area contributed by atoms with Crippen LogP contribution in [0.4, 0.5) is 0 Å². The lowest BCUT2D eigenvalue weighted by Crippen LogP contribution is -2.57. The summed E-state index contributed by atoms with van der Waals surface area (Å²) in [4.78, 5) is 24.2. The Balaban J connectivity index is 1.56. The molecule has 1 aromatic rings. The molecule has 31 heavy (non-hydrogen) atoms. The van der Waals surface area contributed by atoms with Crippen molar-refractivity contribution in [3.63, 3.8) is 0 Å². The van der Waals surface area contributed by atoms with Crippen molar-refractivity contribution in [1.29, 1.82) is 0 Å². The van der Waals surface area contributed by atoms with Gasteiger partial charge in [-0.2, -0.15) is 0 Å². The number of fused-ring (bicyclic) bond motifs is 1. The third-order valence-corrected chi connectivity index (χ3v) is 7.82. The second kappa shape index (κ2) is 8.15. The summed E-state index contributed by atoms with van der Waals surface area (Å²) in [5.74, 6) is -0.355. The number of furan rings is 1. The van der Waals surface area contributed by atoms with E-state index in [1.54, 1.807) is 18.2 Å². The first kappa shape index (κ1) is 21.6. The fourth-order valence-corrected chi connectivity index (χ4v) is 6.00. The monoisotopic (exact) mass is 426 g/mol. The van der Waals surface area contributed by atoms with E-state index in [1.165, 1.54) is 18.1 Å². The molecule has 4 rings (SSSR count). The first-order chi connectivity index (χ1) is 14.8. The summed E-state index contributed by atoms with van der Waals surface area (Å²) in [6, 6.07) is 3.22. The molecule has 0 amide bonds. The molecule has 6 nitrogen and oxygen atoms in total. The van der Waals surface area contributed by atoms with Gasteiger partial charge in [-0.3, -0.25) is 0 Å². The van der Waals surface area contributed by atoms with Gasteiger partial charge in [0.2, 0.25) is 5.76 Å². The van der Waals surface area contributed by atoms with Crippen LogP contribution in [0.5, 0.6) is 0 Å². The van der Waals surface area contributed by atoms with E-state index in [-0.39, 0.29) is 35.6 Å². The molecule has 0 radical (unpaired) electrons. The lowest BCUT2D eigenvalue weighted by atomic mass is 9.46. The molecule has 1 aliphatic heterocycles. The van der Waals surface area contributed by atoms with Gasteiger partial charge in [0.25, 0.3) is 0 Å². The van der Waals surface area contributed by atoms with Crippen molar-refractivity contribution in [2.45, 2.75) is 52.1 Å². The first-order valence-corrected chi connectivity index (χ1v) is 10.9. The second-order valence-corrected chi connectivity index (χ2v) is 9.52. The van der Waals surface area contributed by atoms with Gasteiger partial charge in [-0.25, -0.2) is 9.59 Å². The van der Waals surface area contributed by atoms with Gasteiger partial charge < -0.3 is 19.0 Å². The Morgan fingerprint density at radius 2 is 2.19 bits per heavy atom. The maximum absolute atomic E-state index is 12.4. The quantitative estimate of drug-likeness (QED) is 0.422. The molecule has 1 aromatic heterocycles. The minimum absolute atomic E-state index is 0.121. The standard InChI is InChI=1S/C25H30O6/c1-16-6-9-20-24(2,18(16)8-7-17-11-14-30-22(17)27)12-10-21(26)25(20,3)15-31-23(28)19-5-4-13-29-19/h4-5,7,11,13-14,18,20-21,26H,1,6,8-10,12,15H2,2-3H3/b17-7+/t18-,20?,21-,24+,25+/m1/s1. The smallest absolute Gasteiger partial charge is 0.374 e. The number of carbonyl (C=O) groups excluding carboxylic acids is 2. The van der Waals surface area contributed by atoms with Gasteiger partial charge in [0.15, 0.2) is 0 Å². The summed E-state index contributed by atoms with van der Waals surface area (Å²) >= 11 is 0. The summed E-state index contributed by atoms with van der Waals surface area (Å²) < 4.78 is 15.7. The highest BCUT2D eigenvalue weighted by molar-refractivity contribution is 5.94. The molecule has 1 unspecified atom stereocenters. The van der Waals surface area contributed by atoms with E-state index in [4.69, 9.17) is 13.9 Å². The number of hydrogen-bond donors (Lipinski definition) is 1. The largest absolute Gasteiger partial charge is 0.459 e. The molecule has 2 aliphatic carbocycles. The highest BCUT2D eigenvalue weighted by atomic mass is 16.5. The molecule has 1 N–H and O–H groups in total. The lowest BCUT2D eigenvalue weighted by molar-refractivity contribution is -0.152. The van der Waals surface area contributed by atoms with Gasteiger partial charge in [0, 0.05) is 5.41 Å². The fraction of sp³-hybridized carbons (Fsp3) is 0.520. The van der Waals surface area contributed by atoms with E-state index in [1.807, 2.05) is 13.0 Å². The summed E-state index contributed by atoms with van der Waals surface area (Å²) in [5.41, 5.74) is 1.05. The van der Waals surface area contributed by atoms with Crippen molar-refractivity contribution in [1.82, 2.24) is 0 Å². The molecule has 0 aromatic carbocycles. The number of carbonyl (C=O) groups is 2. The maximum Gasteiger partial charge on any atom is 0.374 e. The zero-order valence-corrected chi connectivity index (χ0v) is 18.1. The summed E-state index contributed by atoms with van der Waals surface area (Å²) in [5, 5.41) is 11.0. The number of aliphatic hydroxyl groups excluding tert-OH is 1. The third-order valence-electron chi connectivity index (χ3n) is 7.82. The number of cyclic esters (lactones) is 1. The minimum atomic E-state index is -0.576. The van der Waals surface area contributed by atoms with Crippen LogP contribution in [0.2, 0.25) is 0 Å². The van der Waals surface area contributed by atoms with Crippen LogP contribution in [0, 0.1) is 22.7 Å². The van der Waals surface area contributed by atoms with Crippen LogP contribution in [0.25, 0.3) is 0 Å².